The summed E-state index contributed by atoms with van der Waals surface area (Å²) in [7, 11) is 0. The van der Waals surface area contributed by atoms with Crippen LogP contribution in [0.1, 0.15) is 25.3 Å². The number of hydrogen-bond donors (Lipinski definition) is 2. The van der Waals surface area contributed by atoms with Gasteiger partial charge in [0, 0.05) is 22.6 Å². The lowest BCUT2D eigenvalue weighted by Crippen LogP contribution is -2.34. The maximum absolute atomic E-state index is 11.6. The predicted octanol–water partition coefficient (Wildman–Crippen LogP) is 2.98. The lowest BCUT2D eigenvalue weighted by molar-refractivity contribution is -0.120. The number of nitrogens with one attached hydrogen (secondary N) is 2. The zero-order valence-electron chi connectivity index (χ0n) is 11.3. The largest absolute Gasteiger partial charge is 0.492 e. The van der Waals surface area contributed by atoms with E-state index < -0.39 is 0 Å². The number of ether oxygens (including phenoxy) is 1. The summed E-state index contributed by atoms with van der Waals surface area (Å²) in [6.45, 7) is 3.47. The van der Waals surface area contributed by atoms with Crippen LogP contribution in [-0.2, 0) is 11.3 Å². The second kappa shape index (κ2) is 7.43. The molecule has 0 radical (unpaired) electrons. The minimum Gasteiger partial charge on any atom is -0.492 e. The normalized spacial score (nSPS) is 14.2. The molecule has 0 unspecified atom stereocenters. The van der Waals surface area contributed by atoms with Crippen molar-refractivity contribution in [1.82, 2.24) is 10.6 Å². The predicted molar refractivity (Wildman–Crippen MR) is 85.9 cm³/mol. The van der Waals surface area contributed by atoms with Crippen molar-refractivity contribution in [3.05, 3.63) is 26.6 Å². The Morgan fingerprint density at radius 1 is 1.40 bits per heavy atom. The van der Waals surface area contributed by atoms with E-state index in [0.29, 0.717) is 25.7 Å². The van der Waals surface area contributed by atoms with Crippen LogP contribution in [0.2, 0.25) is 0 Å². The molecular formula is C14H18Br2N2O2. The van der Waals surface area contributed by atoms with Gasteiger partial charge in [0.05, 0.1) is 17.6 Å². The molecule has 1 aromatic carbocycles. The molecule has 6 heteroatoms. The van der Waals surface area contributed by atoms with Crippen molar-refractivity contribution in [2.75, 3.05) is 13.2 Å². The van der Waals surface area contributed by atoms with Crippen LogP contribution in [0.15, 0.2) is 21.1 Å². The average Bonchev–Trinajstić information content (AvgIpc) is 3.17. The fourth-order valence-electron chi connectivity index (χ4n) is 1.87. The van der Waals surface area contributed by atoms with E-state index in [1.165, 1.54) is 0 Å². The highest BCUT2D eigenvalue weighted by atomic mass is 79.9. The van der Waals surface area contributed by atoms with Crippen LogP contribution < -0.4 is 15.4 Å². The molecule has 1 aliphatic carbocycles. The number of hydrogen-bond acceptors (Lipinski definition) is 3. The van der Waals surface area contributed by atoms with E-state index in [0.717, 1.165) is 33.1 Å². The second-order valence-electron chi connectivity index (χ2n) is 4.75. The van der Waals surface area contributed by atoms with E-state index in [4.69, 9.17) is 4.74 Å². The van der Waals surface area contributed by atoms with Crippen LogP contribution in [0, 0.1) is 0 Å². The Bertz CT molecular complexity index is 490. The summed E-state index contributed by atoms with van der Waals surface area (Å²) in [6, 6.07) is 4.36. The molecule has 4 nitrogen and oxygen atoms in total. The molecule has 1 saturated carbocycles. The Labute approximate surface area is 135 Å². The first kappa shape index (κ1) is 15.8. The molecule has 1 aliphatic rings. The highest BCUT2D eigenvalue weighted by Gasteiger charge is 2.22. The maximum Gasteiger partial charge on any atom is 0.234 e. The van der Waals surface area contributed by atoms with Crippen molar-refractivity contribution >= 4 is 37.8 Å². The molecule has 2 rings (SSSR count). The molecular weight excluding hydrogens is 388 g/mol. The maximum atomic E-state index is 11.6. The quantitative estimate of drug-likeness (QED) is 0.733. The van der Waals surface area contributed by atoms with Crippen LogP contribution >= 0.6 is 31.9 Å². The van der Waals surface area contributed by atoms with Gasteiger partial charge in [0.25, 0.3) is 0 Å². The first-order chi connectivity index (χ1) is 9.60. The van der Waals surface area contributed by atoms with E-state index in [9.17, 15) is 4.79 Å². The summed E-state index contributed by atoms with van der Waals surface area (Å²) in [4.78, 5) is 11.6. The molecule has 1 aromatic rings. The summed E-state index contributed by atoms with van der Waals surface area (Å²) in [5.74, 6) is 0.880. The van der Waals surface area contributed by atoms with Gasteiger partial charge in [-0.25, -0.2) is 0 Å². The zero-order valence-corrected chi connectivity index (χ0v) is 14.5. The average molecular weight is 406 g/mol. The Hall–Kier alpha value is -0.590. The molecule has 110 valence electrons. The lowest BCUT2D eigenvalue weighted by Gasteiger charge is -2.13. The van der Waals surface area contributed by atoms with Gasteiger partial charge >= 0.3 is 0 Å². The van der Waals surface area contributed by atoms with Crippen molar-refractivity contribution in [1.29, 1.82) is 0 Å². The van der Waals surface area contributed by atoms with Crippen LogP contribution in [0.4, 0.5) is 0 Å². The molecule has 0 heterocycles. The van der Waals surface area contributed by atoms with E-state index >= 15 is 0 Å². The first-order valence-corrected chi connectivity index (χ1v) is 8.29. The Balaban J connectivity index is 1.91. The van der Waals surface area contributed by atoms with Gasteiger partial charge in [0.1, 0.15) is 5.75 Å². The number of benzene rings is 1. The highest BCUT2D eigenvalue weighted by Crippen LogP contribution is 2.32. The summed E-state index contributed by atoms with van der Waals surface area (Å²) in [5.41, 5.74) is 1.02. The Kier molecular flexibility index (Phi) is 5.86. The van der Waals surface area contributed by atoms with E-state index in [2.05, 4.69) is 42.5 Å². The van der Waals surface area contributed by atoms with Crippen LogP contribution in [0.25, 0.3) is 0 Å². The molecule has 0 bridgehead atoms. The smallest absolute Gasteiger partial charge is 0.234 e. The number of amides is 1. The van der Waals surface area contributed by atoms with Crippen molar-refractivity contribution in [3.8, 4) is 5.75 Å². The topological polar surface area (TPSA) is 50.4 Å². The lowest BCUT2D eigenvalue weighted by atomic mass is 10.2. The summed E-state index contributed by atoms with van der Waals surface area (Å²) < 4.78 is 7.54. The minimum atomic E-state index is 0.0551. The highest BCUT2D eigenvalue weighted by molar-refractivity contribution is 9.11. The molecule has 1 fully saturated rings. The third kappa shape index (κ3) is 4.75. The number of carbonyl (C=O) groups is 1. The monoisotopic (exact) mass is 404 g/mol. The van der Waals surface area contributed by atoms with Crippen molar-refractivity contribution in [2.24, 2.45) is 0 Å². The molecule has 2 N–H and O–H groups in total. The molecule has 0 spiro atoms. The third-order valence-electron chi connectivity index (χ3n) is 2.92. The van der Waals surface area contributed by atoms with E-state index in [-0.39, 0.29) is 5.91 Å². The van der Waals surface area contributed by atoms with Crippen LogP contribution in [0.3, 0.4) is 0 Å². The van der Waals surface area contributed by atoms with Crippen molar-refractivity contribution in [3.63, 3.8) is 0 Å². The van der Waals surface area contributed by atoms with Gasteiger partial charge in [-0.05, 0) is 47.8 Å². The van der Waals surface area contributed by atoms with Gasteiger partial charge < -0.3 is 15.4 Å². The number of carbonyl (C=O) groups excluding carboxylic acids is 1. The molecule has 0 aliphatic heterocycles. The van der Waals surface area contributed by atoms with Crippen LogP contribution in [0.5, 0.6) is 5.75 Å². The molecule has 0 saturated heterocycles. The Morgan fingerprint density at radius 2 is 2.15 bits per heavy atom. The summed E-state index contributed by atoms with van der Waals surface area (Å²) in [5, 5.41) is 6.11. The van der Waals surface area contributed by atoms with Gasteiger partial charge in [0.15, 0.2) is 0 Å². The van der Waals surface area contributed by atoms with Gasteiger partial charge in [0.2, 0.25) is 5.91 Å². The molecule has 20 heavy (non-hydrogen) atoms. The molecule has 1 amide bonds. The van der Waals surface area contributed by atoms with Crippen molar-refractivity contribution in [2.45, 2.75) is 32.4 Å². The molecule has 0 atom stereocenters. The van der Waals surface area contributed by atoms with E-state index in [1.54, 1.807) is 0 Å². The number of halogens is 2. The van der Waals surface area contributed by atoms with E-state index in [1.807, 2.05) is 19.1 Å². The standard InChI is InChI=1S/C14H18Br2N2O2/c1-2-20-14-9(5-10(15)6-12(14)16)7-17-8-13(19)18-11-3-4-11/h5-6,11,17H,2-4,7-8H2,1H3,(H,18,19). The van der Waals surface area contributed by atoms with Crippen molar-refractivity contribution < 1.29 is 9.53 Å². The summed E-state index contributed by atoms with van der Waals surface area (Å²) in [6.07, 6.45) is 2.22. The van der Waals surface area contributed by atoms with Gasteiger partial charge in [-0.1, -0.05) is 15.9 Å². The fourth-order valence-corrected chi connectivity index (χ4v) is 3.30. The van der Waals surface area contributed by atoms with Gasteiger partial charge in [-0.15, -0.1) is 0 Å². The number of rotatable bonds is 7. The summed E-state index contributed by atoms with van der Waals surface area (Å²) >= 11 is 6.97. The van der Waals surface area contributed by atoms with Gasteiger partial charge in [-0.3, -0.25) is 4.79 Å². The van der Waals surface area contributed by atoms with Gasteiger partial charge in [-0.2, -0.15) is 0 Å². The second-order valence-corrected chi connectivity index (χ2v) is 6.52. The third-order valence-corrected chi connectivity index (χ3v) is 3.96. The zero-order chi connectivity index (χ0) is 14.5. The first-order valence-electron chi connectivity index (χ1n) is 6.71. The Morgan fingerprint density at radius 3 is 2.80 bits per heavy atom. The minimum absolute atomic E-state index is 0.0551. The SMILES string of the molecule is CCOc1c(Br)cc(Br)cc1CNCC(=O)NC1CC1. The fraction of sp³-hybridized carbons (Fsp3) is 0.500. The van der Waals surface area contributed by atoms with Crippen LogP contribution in [-0.4, -0.2) is 25.1 Å². The molecule has 0 aromatic heterocycles.